The largest absolute Gasteiger partial charge is 0.387 e. The highest BCUT2D eigenvalue weighted by atomic mass is 35.5. The van der Waals surface area contributed by atoms with E-state index in [0.29, 0.717) is 10.6 Å². The maximum atomic E-state index is 12.5. The van der Waals surface area contributed by atoms with E-state index < -0.39 is 0 Å². The molecule has 0 heterocycles. The number of benzene rings is 1. The van der Waals surface area contributed by atoms with Crippen molar-refractivity contribution in [3.05, 3.63) is 28.8 Å². The van der Waals surface area contributed by atoms with Crippen molar-refractivity contribution in [2.24, 2.45) is 5.41 Å². The first-order chi connectivity index (χ1) is 9.04. The van der Waals surface area contributed by atoms with Gasteiger partial charge in [0.2, 0.25) is 0 Å². The second-order valence-corrected chi connectivity index (χ2v) is 7.45. The number of hydrogen-bond donors (Lipinski definition) is 2. The van der Waals surface area contributed by atoms with Gasteiger partial charge in [0, 0.05) is 23.3 Å². The number of rotatable bonds is 4. The summed E-state index contributed by atoms with van der Waals surface area (Å²) in [4.78, 5) is 12.5. The topological polar surface area (TPSA) is 41.1 Å². The second kappa shape index (κ2) is 6.04. The molecule has 0 aliphatic carbocycles. The molecule has 0 saturated carbocycles. The van der Waals surface area contributed by atoms with E-state index in [0.717, 1.165) is 12.1 Å². The van der Waals surface area contributed by atoms with Gasteiger partial charge in [0.25, 0.3) is 5.91 Å². The van der Waals surface area contributed by atoms with Crippen LogP contribution in [0.2, 0.25) is 5.02 Å². The summed E-state index contributed by atoms with van der Waals surface area (Å²) in [7, 11) is 1.79. The van der Waals surface area contributed by atoms with Gasteiger partial charge in [0.15, 0.2) is 0 Å². The van der Waals surface area contributed by atoms with Gasteiger partial charge in [-0.2, -0.15) is 0 Å². The Morgan fingerprint density at radius 3 is 2.30 bits per heavy atom. The van der Waals surface area contributed by atoms with Crippen molar-refractivity contribution in [2.45, 2.75) is 46.6 Å². The molecular formula is C16H25ClN2O. The Balaban J connectivity index is 2.94. The first-order valence-electron chi connectivity index (χ1n) is 6.84. The van der Waals surface area contributed by atoms with Crippen LogP contribution < -0.4 is 10.6 Å². The van der Waals surface area contributed by atoms with Crippen LogP contribution in [-0.2, 0) is 0 Å². The number of carbonyl (C=O) groups excluding carboxylic acids is 1. The number of anilines is 1. The Kier molecular flexibility index (Phi) is 5.09. The molecule has 0 saturated heterocycles. The highest BCUT2D eigenvalue weighted by molar-refractivity contribution is 6.31. The lowest BCUT2D eigenvalue weighted by Gasteiger charge is -2.33. The highest BCUT2D eigenvalue weighted by Gasteiger charge is 2.28. The summed E-state index contributed by atoms with van der Waals surface area (Å²) in [6.45, 7) is 10.6. The maximum Gasteiger partial charge on any atom is 0.253 e. The average molecular weight is 297 g/mol. The van der Waals surface area contributed by atoms with Crippen molar-refractivity contribution in [2.75, 3.05) is 12.4 Å². The first kappa shape index (κ1) is 16.8. The fourth-order valence-electron chi connectivity index (χ4n) is 2.67. The third-order valence-corrected chi connectivity index (χ3v) is 3.15. The summed E-state index contributed by atoms with van der Waals surface area (Å²) in [6, 6.07) is 5.27. The minimum atomic E-state index is -0.275. The zero-order valence-corrected chi connectivity index (χ0v) is 14.0. The summed E-state index contributed by atoms with van der Waals surface area (Å²) in [5.74, 6) is -0.105. The monoisotopic (exact) mass is 296 g/mol. The number of nitrogens with one attached hydrogen (secondary N) is 2. The summed E-state index contributed by atoms with van der Waals surface area (Å²) < 4.78 is 0. The van der Waals surface area contributed by atoms with Crippen molar-refractivity contribution >= 4 is 23.2 Å². The van der Waals surface area contributed by atoms with E-state index in [1.807, 2.05) is 19.9 Å². The Hall–Kier alpha value is -1.22. The van der Waals surface area contributed by atoms with Crippen molar-refractivity contribution in [3.8, 4) is 0 Å². The molecule has 0 aliphatic heterocycles. The predicted molar refractivity (Wildman–Crippen MR) is 86.6 cm³/mol. The summed E-state index contributed by atoms with van der Waals surface area (Å²) in [5.41, 5.74) is 1.22. The van der Waals surface area contributed by atoms with Crippen LogP contribution in [0, 0.1) is 5.41 Å². The van der Waals surface area contributed by atoms with Gasteiger partial charge in [-0.15, -0.1) is 0 Å². The van der Waals surface area contributed by atoms with E-state index in [2.05, 4.69) is 31.4 Å². The van der Waals surface area contributed by atoms with Gasteiger partial charge >= 0.3 is 0 Å². The Morgan fingerprint density at radius 1 is 1.20 bits per heavy atom. The van der Waals surface area contributed by atoms with E-state index in [9.17, 15) is 4.79 Å². The third-order valence-electron chi connectivity index (χ3n) is 2.92. The van der Waals surface area contributed by atoms with Gasteiger partial charge in [0.05, 0.1) is 5.56 Å². The summed E-state index contributed by atoms with van der Waals surface area (Å²) in [6.07, 6.45) is 0.890. The third kappa shape index (κ3) is 5.04. The summed E-state index contributed by atoms with van der Waals surface area (Å²) >= 11 is 5.99. The SMILES string of the molecule is CNc1ccc(Cl)cc1C(=O)NC(C)(C)CC(C)(C)C. The van der Waals surface area contributed by atoms with E-state index in [4.69, 9.17) is 11.6 Å². The number of carbonyl (C=O) groups is 1. The molecule has 1 rings (SSSR count). The standard InChI is InChI=1S/C16H25ClN2O/c1-15(2,3)10-16(4,5)19-14(20)12-9-11(17)7-8-13(12)18-6/h7-9,18H,10H2,1-6H3,(H,19,20). The summed E-state index contributed by atoms with van der Waals surface area (Å²) in [5, 5.41) is 6.67. The van der Waals surface area contributed by atoms with Crippen LogP contribution in [0.25, 0.3) is 0 Å². The molecule has 0 atom stereocenters. The number of amides is 1. The van der Waals surface area contributed by atoms with Crippen LogP contribution >= 0.6 is 11.6 Å². The second-order valence-electron chi connectivity index (χ2n) is 7.02. The molecule has 1 aromatic carbocycles. The van der Waals surface area contributed by atoms with Crippen molar-refractivity contribution in [1.29, 1.82) is 0 Å². The van der Waals surface area contributed by atoms with Gasteiger partial charge in [-0.1, -0.05) is 32.4 Å². The lowest BCUT2D eigenvalue weighted by molar-refractivity contribution is 0.0892. The highest BCUT2D eigenvalue weighted by Crippen LogP contribution is 2.28. The lowest BCUT2D eigenvalue weighted by atomic mass is 9.81. The molecule has 1 amide bonds. The van der Waals surface area contributed by atoms with Gasteiger partial charge in [-0.3, -0.25) is 4.79 Å². The van der Waals surface area contributed by atoms with Crippen molar-refractivity contribution in [1.82, 2.24) is 5.32 Å². The molecule has 1 aromatic rings. The van der Waals surface area contributed by atoms with Gasteiger partial charge in [0.1, 0.15) is 0 Å². The molecule has 0 aliphatic rings. The molecule has 2 N–H and O–H groups in total. The van der Waals surface area contributed by atoms with Crippen LogP contribution in [-0.4, -0.2) is 18.5 Å². The van der Waals surface area contributed by atoms with Crippen LogP contribution in [0.4, 0.5) is 5.69 Å². The first-order valence-corrected chi connectivity index (χ1v) is 7.22. The Morgan fingerprint density at radius 2 is 1.80 bits per heavy atom. The molecule has 112 valence electrons. The molecule has 0 aromatic heterocycles. The maximum absolute atomic E-state index is 12.5. The molecule has 3 nitrogen and oxygen atoms in total. The fraction of sp³-hybridized carbons (Fsp3) is 0.562. The molecule has 20 heavy (non-hydrogen) atoms. The minimum absolute atomic E-state index is 0.105. The number of halogens is 1. The van der Waals surface area contributed by atoms with Crippen molar-refractivity contribution < 1.29 is 4.79 Å². The minimum Gasteiger partial charge on any atom is -0.387 e. The van der Waals surface area contributed by atoms with E-state index in [1.54, 1.807) is 19.2 Å². The Bertz CT molecular complexity index is 490. The van der Waals surface area contributed by atoms with E-state index in [1.165, 1.54) is 0 Å². The lowest BCUT2D eigenvalue weighted by Crippen LogP contribution is -2.45. The molecule has 0 radical (unpaired) electrons. The van der Waals surface area contributed by atoms with Crippen LogP contribution in [0.5, 0.6) is 0 Å². The number of hydrogen-bond acceptors (Lipinski definition) is 2. The van der Waals surface area contributed by atoms with Crippen LogP contribution in [0.3, 0.4) is 0 Å². The Labute approximate surface area is 127 Å². The zero-order chi connectivity index (χ0) is 15.6. The molecule has 4 heteroatoms. The van der Waals surface area contributed by atoms with Gasteiger partial charge in [-0.25, -0.2) is 0 Å². The van der Waals surface area contributed by atoms with Crippen LogP contribution in [0.15, 0.2) is 18.2 Å². The molecule has 0 unspecified atom stereocenters. The smallest absolute Gasteiger partial charge is 0.253 e. The quantitative estimate of drug-likeness (QED) is 0.868. The van der Waals surface area contributed by atoms with E-state index in [-0.39, 0.29) is 16.9 Å². The van der Waals surface area contributed by atoms with E-state index >= 15 is 0 Å². The average Bonchev–Trinajstić information content (AvgIpc) is 2.24. The fourth-order valence-corrected chi connectivity index (χ4v) is 2.84. The molecule has 0 bridgehead atoms. The van der Waals surface area contributed by atoms with Crippen LogP contribution in [0.1, 0.15) is 51.4 Å². The predicted octanol–water partition coefficient (Wildman–Crippen LogP) is 4.33. The van der Waals surface area contributed by atoms with Gasteiger partial charge < -0.3 is 10.6 Å². The molecule has 0 spiro atoms. The van der Waals surface area contributed by atoms with Crippen molar-refractivity contribution in [3.63, 3.8) is 0 Å². The molecule has 0 fully saturated rings. The van der Waals surface area contributed by atoms with Gasteiger partial charge in [-0.05, 0) is 43.9 Å². The zero-order valence-electron chi connectivity index (χ0n) is 13.2. The normalized spacial score (nSPS) is 12.2. The molecular weight excluding hydrogens is 272 g/mol.